The molecule has 0 aliphatic carbocycles. The van der Waals surface area contributed by atoms with E-state index < -0.39 is 6.10 Å². The number of likely N-dealkylation sites (tertiary alicyclic amines) is 1. The van der Waals surface area contributed by atoms with Gasteiger partial charge in [-0.2, -0.15) is 0 Å². The molecular weight excluding hydrogens is 320 g/mol. The molecule has 20 heavy (non-hydrogen) atoms. The molecule has 110 valence electrons. The average molecular weight is 341 g/mol. The Hall–Kier alpha value is -0.910. The molecule has 5 heteroatoms. The fourth-order valence-electron chi connectivity index (χ4n) is 2.66. The predicted molar refractivity (Wildman–Crippen MR) is 82.4 cm³/mol. The molecule has 2 unspecified atom stereocenters. The highest BCUT2D eigenvalue weighted by atomic mass is 79.9. The zero-order chi connectivity index (χ0) is 14.7. The first kappa shape index (κ1) is 15.5. The second-order valence-electron chi connectivity index (χ2n) is 5.46. The molecule has 1 fully saturated rings. The maximum Gasteiger partial charge on any atom is 0.239 e. The molecule has 1 aromatic carbocycles. The van der Waals surface area contributed by atoms with E-state index in [1.54, 1.807) is 19.0 Å². The van der Waals surface area contributed by atoms with Crippen LogP contribution >= 0.6 is 15.9 Å². The van der Waals surface area contributed by atoms with E-state index in [4.69, 9.17) is 0 Å². The summed E-state index contributed by atoms with van der Waals surface area (Å²) in [5.41, 5.74) is 0.877. The normalized spacial score (nSPS) is 20.9. The number of β-amino-alcohol motifs (C(OH)–C–C–N with tert-alkyl or cyclic N) is 1. The number of nitrogens with zero attached hydrogens (tertiary/aromatic N) is 2. The van der Waals surface area contributed by atoms with Crippen LogP contribution in [-0.4, -0.2) is 54.0 Å². The summed E-state index contributed by atoms with van der Waals surface area (Å²) < 4.78 is 0.955. The molecule has 1 aliphatic rings. The van der Waals surface area contributed by atoms with Crippen molar-refractivity contribution in [1.82, 2.24) is 9.80 Å². The molecule has 1 N–H and O–H groups in total. The highest BCUT2D eigenvalue weighted by molar-refractivity contribution is 9.10. The summed E-state index contributed by atoms with van der Waals surface area (Å²) in [6.07, 6.45) is 1.32. The first-order valence-corrected chi connectivity index (χ1v) is 7.67. The summed E-state index contributed by atoms with van der Waals surface area (Å²) in [7, 11) is 3.56. The van der Waals surface area contributed by atoms with E-state index in [1.165, 1.54) is 0 Å². The van der Waals surface area contributed by atoms with Gasteiger partial charge in [0.1, 0.15) is 0 Å². The quantitative estimate of drug-likeness (QED) is 0.912. The molecule has 1 aromatic rings. The van der Waals surface area contributed by atoms with E-state index in [2.05, 4.69) is 20.8 Å². The molecule has 0 bridgehead atoms. The maximum atomic E-state index is 12.1. The van der Waals surface area contributed by atoms with E-state index in [-0.39, 0.29) is 11.9 Å². The molecule has 0 spiro atoms. The van der Waals surface area contributed by atoms with Gasteiger partial charge in [0.2, 0.25) is 5.91 Å². The second-order valence-corrected chi connectivity index (χ2v) is 6.37. The van der Waals surface area contributed by atoms with Crippen molar-refractivity contribution < 1.29 is 9.90 Å². The largest absolute Gasteiger partial charge is 0.387 e. The van der Waals surface area contributed by atoms with Crippen LogP contribution in [0.4, 0.5) is 0 Å². The van der Waals surface area contributed by atoms with Gasteiger partial charge < -0.3 is 10.0 Å². The third-order valence-corrected chi connectivity index (χ3v) is 4.22. The average Bonchev–Trinajstić information content (AvgIpc) is 2.85. The van der Waals surface area contributed by atoms with Gasteiger partial charge in [-0.3, -0.25) is 9.69 Å². The van der Waals surface area contributed by atoms with E-state index in [0.717, 1.165) is 29.4 Å². The highest BCUT2D eigenvalue weighted by Crippen LogP contribution is 2.24. The van der Waals surface area contributed by atoms with Crippen molar-refractivity contribution in [2.75, 3.05) is 27.2 Å². The molecule has 0 aromatic heterocycles. The van der Waals surface area contributed by atoms with Crippen LogP contribution in [0.25, 0.3) is 0 Å². The Morgan fingerprint density at radius 2 is 2.30 bits per heavy atom. The Morgan fingerprint density at radius 1 is 1.55 bits per heavy atom. The first-order chi connectivity index (χ1) is 9.49. The van der Waals surface area contributed by atoms with Crippen molar-refractivity contribution in [3.8, 4) is 0 Å². The molecular formula is C15H21BrN2O2. The van der Waals surface area contributed by atoms with Crippen LogP contribution in [0.1, 0.15) is 24.5 Å². The van der Waals surface area contributed by atoms with Crippen molar-refractivity contribution in [3.05, 3.63) is 34.3 Å². The Morgan fingerprint density at radius 3 is 2.95 bits per heavy atom. The van der Waals surface area contributed by atoms with Gasteiger partial charge in [0.25, 0.3) is 0 Å². The topological polar surface area (TPSA) is 43.8 Å². The minimum absolute atomic E-state index is 0.0909. The molecule has 0 saturated carbocycles. The van der Waals surface area contributed by atoms with Crippen LogP contribution in [-0.2, 0) is 4.79 Å². The maximum absolute atomic E-state index is 12.1. The number of aliphatic hydroxyl groups is 1. The Labute approximate surface area is 128 Å². The summed E-state index contributed by atoms with van der Waals surface area (Å²) >= 11 is 3.41. The number of aliphatic hydroxyl groups excluding tert-OH is 1. The number of halogens is 1. The van der Waals surface area contributed by atoms with E-state index in [9.17, 15) is 9.90 Å². The zero-order valence-corrected chi connectivity index (χ0v) is 13.5. The van der Waals surface area contributed by atoms with Crippen molar-refractivity contribution in [1.29, 1.82) is 0 Å². The monoisotopic (exact) mass is 340 g/mol. The number of carbonyl (C=O) groups excluding carboxylic acids is 1. The van der Waals surface area contributed by atoms with Crippen molar-refractivity contribution in [3.63, 3.8) is 0 Å². The number of benzene rings is 1. The van der Waals surface area contributed by atoms with Crippen molar-refractivity contribution in [2.24, 2.45) is 0 Å². The van der Waals surface area contributed by atoms with Gasteiger partial charge in [-0.05, 0) is 37.1 Å². The molecule has 4 nitrogen and oxygen atoms in total. The van der Waals surface area contributed by atoms with Gasteiger partial charge in [0.15, 0.2) is 0 Å². The Bertz CT molecular complexity index is 479. The molecule has 2 atom stereocenters. The van der Waals surface area contributed by atoms with Crippen LogP contribution in [0.15, 0.2) is 28.7 Å². The van der Waals surface area contributed by atoms with E-state index >= 15 is 0 Å². The molecule has 1 amide bonds. The number of carbonyl (C=O) groups is 1. The summed E-state index contributed by atoms with van der Waals surface area (Å²) in [4.78, 5) is 15.8. The highest BCUT2D eigenvalue weighted by Gasteiger charge is 2.32. The third kappa shape index (κ3) is 3.59. The van der Waals surface area contributed by atoms with Crippen LogP contribution in [0.3, 0.4) is 0 Å². The SMILES string of the molecule is CN(C)C(=O)C1CCCN1CC(O)c1cccc(Br)c1. The predicted octanol–water partition coefficient (Wildman–Crippen LogP) is 2.04. The Kier molecular flexibility index (Phi) is 5.18. The van der Waals surface area contributed by atoms with Gasteiger partial charge >= 0.3 is 0 Å². The van der Waals surface area contributed by atoms with Crippen LogP contribution < -0.4 is 0 Å². The first-order valence-electron chi connectivity index (χ1n) is 6.88. The fourth-order valence-corrected chi connectivity index (χ4v) is 3.08. The summed E-state index contributed by atoms with van der Waals surface area (Å²) in [6, 6.07) is 7.59. The summed E-state index contributed by atoms with van der Waals surface area (Å²) in [5, 5.41) is 10.4. The zero-order valence-electron chi connectivity index (χ0n) is 11.9. The number of hydrogen-bond donors (Lipinski definition) is 1. The second kappa shape index (κ2) is 6.70. The summed E-state index contributed by atoms with van der Waals surface area (Å²) in [5.74, 6) is 0.129. The fraction of sp³-hybridized carbons (Fsp3) is 0.533. The lowest BCUT2D eigenvalue weighted by atomic mass is 10.1. The van der Waals surface area contributed by atoms with Gasteiger partial charge in [-0.1, -0.05) is 28.1 Å². The lowest BCUT2D eigenvalue weighted by Crippen LogP contribution is -2.44. The minimum Gasteiger partial charge on any atom is -0.387 e. The standard InChI is InChI=1S/C15H21BrN2O2/c1-17(2)15(20)13-7-4-8-18(13)10-14(19)11-5-3-6-12(16)9-11/h3,5-6,9,13-14,19H,4,7-8,10H2,1-2H3. The van der Waals surface area contributed by atoms with Crippen LogP contribution in [0.2, 0.25) is 0 Å². The number of amides is 1. The number of hydrogen-bond acceptors (Lipinski definition) is 3. The number of rotatable bonds is 4. The summed E-state index contributed by atoms with van der Waals surface area (Å²) in [6.45, 7) is 1.37. The lowest BCUT2D eigenvalue weighted by Gasteiger charge is -2.28. The third-order valence-electron chi connectivity index (χ3n) is 3.73. The van der Waals surface area contributed by atoms with Gasteiger partial charge in [0.05, 0.1) is 12.1 Å². The molecule has 0 radical (unpaired) electrons. The minimum atomic E-state index is -0.567. The lowest BCUT2D eigenvalue weighted by molar-refractivity contribution is -0.133. The van der Waals surface area contributed by atoms with Crippen molar-refractivity contribution >= 4 is 21.8 Å². The van der Waals surface area contributed by atoms with Gasteiger partial charge in [-0.25, -0.2) is 0 Å². The Balaban J connectivity index is 2.03. The van der Waals surface area contributed by atoms with Crippen LogP contribution in [0, 0.1) is 0 Å². The van der Waals surface area contributed by atoms with E-state index in [0.29, 0.717) is 6.54 Å². The molecule has 2 rings (SSSR count). The molecule has 1 heterocycles. The molecule has 1 aliphatic heterocycles. The molecule has 1 saturated heterocycles. The number of likely N-dealkylation sites (N-methyl/N-ethyl adjacent to an activating group) is 1. The van der Waals surface area contributed by atoms with Gasteiger partial charge in [0, 0.05) is 25.1 Å². The van der Waals surface area contributed by atoms with Crippen LogP contribution in [0.5, 0.6) is 0 Å². The van der Waals surface area contributed by atoms with Gasteiger partial charge in [-0.15, -0.1) is 0 Å². The smallest absolute Gasteiger partial charge is 0.239 e. The van der Waals surface area contributed by atoms with Crippen molar-refractivity contribution in [2.45, 2.75) is 25.0 Å². The van der Waals surface area contributed by atoms with E-state index in [1.807, 2.05) is 24.3 Å².